The van der Waals surface area contributed by atoms with Gasteiger partial charge in [0.2, 0.25) is 5.91 Å². The summed E-state index contributed by atoms with van der Waals surface area (Å²) in [6.45, 7) is 7.02. The molecule has 1 rings (SSSR count). The van der Waals surface area contributed by atoms with Crippen LogP contribution in [0.5, 0.6) is 0 Å². The zero-order valence-electron chi connectivity index (χ0n) is 10.9. The number of carbonyl (C=O) groups is 1. The molecule has 16 heavy (non-hydrogen) atoms. The van der Waals surface area contributed by atoms with E-state index in [9.17, 15) is 4.79 Å². The predicted molar refractivity (Wildman–Crippen MR) is 66.3 cm³/mol. The molecule has 0 bridgehead atoms. The molecule has 0 radical (unpaired) electrons. The minimum absolute atomic E-state index is 0.170. The van der Waals surface area contributed by atoms with Crippen molar-refractivity contribution in [2.45, 2.75) is 26.3 Å². The predicted octanol–water partition coefficient (Wildman–Crippen LogP) is 0.298. The Morgan fingerprint density at radius 2 is 2.19 bits per heavy atom. The molecule has 2 N–H and O–H groups in total. The zero-order chi connectivity index (χ0) is 12.1. The van der Waals surface area contributed by atoms with Crippen molar-refractivity contribution in [2.75, 3.05) is 33.7 Å². The van der Waals surface area contributed by atoms with Crippen LogP contribution in [0.15, 0.2) is 0 Å². The molecule has 1 aliphatic heterocycles. The fourth-order valence-electron chi connectivity index (χ4n) is 2.00. The van der Waals surface area contributed by atoms with Crippen molar-refractivity contribution in [1.82, 2.24) is 15.5 Å². The largest absolute Gasteiger partial charge is 0.352 e. The summed E-state index contributed by atoms with van der Waals surface area (Å²) in [5.41, 5.74) is 0. The smallest absolute Gasteiger partial charge is 0.224 e. The normalized spacial score (nSPS) is 22.8. The van der Waals surface area contributed by atoms with Gasteiger partial charge < -0.3 is 15.5 Å². The lowest BCUT2D eigenvalue weighted by Gasteiger charge is -2.26. The molecule has 0 aromatic heterocycles. The van der Waals surface area contributed by atoms with Gasteiger partial charge in [-0.25, -0.2) is 0 Å². The van der Waals surface area contributed by atoms with Crippen LogP contribution < -0.4 is 10.6 Å². The van der Waals surface area contributed by atoms with E-state index in [0.29, 0.717) is 5.92 Å². The molecule has 0 spiro atoms. The van der Waals surface area contributed by atoms with Gasteiger partial charge in [0, 0.05) is 19.1 Å². The maximum absolute atomic E-state index is 12.0. The number of likely N-dealkylation sites (N-methyl/N-ethyl adjacent to an activating group) is 1. The Kier molecular flexibility index (Phi) is 5.22. The lowest BCUT2D eigenvalue weighted by Crippen LogP contribution is -2.47. The van der Waals surface area contributed by atoms with Gasteiger partial charge in [-0.3, -0.25) is 4.79 Å². The third-order valence-electron chi connectivity index (χ3n) is 3.13. The highest BCUT2D eigenvalue weighted by molar-refractivity contribution is 5.79. The molecule has 0 saturated carbocycles. The van der Waals surface area contributed by atoms with Gasteiger partial charge in [-0.15, -0.1) is 0 Å². The molecule has 1 fully saturated rings. The summed E-state index contributed by atoms with van der Waals surface area (Å²) in [5.74, 6) is 0.856. The van der Waals surface area contributed by atoms with Gasteiger partial charge >= 0.3 is 0 Å². The van der Waals surface area contributed by atoms with E-state index >= 15 is 0 Å². The van der Waals surface area contributed by atoms with Crippen LogP contribution in [0, 0.1) is 11.8 Å². The summed E-state index contributed by atoms with van der Waals surface area (Å²) < 4.78 is 0. The average molecular weight is 227 g/mol. The molecule has 4 nitrogen and oxygen atoms in total. The Labute approximate surface area is 98.8 Å². The average Bonchev–Trinajstić information content (AvgIpc) is 2.68. The highest BCUT2D eigenvalue weighted by Gasteiger charge is 2.25. The first-order chi connectivity index (χ1) is 7.50. The standard InChI is InChI=1S/C12H25N3O/c1-9(2)11(8-15(3)4)14-12(16)10-5-6-13-7-10/h9-11,13H,5-8H2,1-4H3,(H,14,16). The van der Waals surface area contributed by atoms with E-state index in [1.165, 1.54) is 0 Å². The van der Waals surface area contributed by atoms with Crippen LogP contribution in [0.4, 0.5) is 0 Å². The van der Waals surface area contributed by atoms with Gasteiger partial charge in [-0.05, 0) is 33.0 Å². The lowest BCUT2D eigenvalue weighted by atomic mass is 10.0. The van der Waals surface area contributed by atoms with Crippen molar-refractivity contribution in [2.24, 2.45) is 11.8 Å². The maximum atomic E-state index is 12.0. The van der Waals surface area contributed by atoms with E-state index in [4.69, 9.17) is 0 Å². The van der Waals surface area contributed by atoms with Crippen molar-refractivity contribution in [3.8, 4) is 0 Å². The third-order valence-corrected chi connectivity index (χ3v) is 3.13. The Balaban J connectivity index is 2.43. The molecule has 4 heteroatoms. The van der Waals surface area contributed by atoms with Crippen LogP contribution in [0.3, 0.4) is 0 Å². The number of nitrogens with one attached hydrogen (secondary N) is 2. The molecule has 0 aromatic carbocycles. The molecule has 1 saturated heterocycles. The Bertz CT molecular complexity index is 222. The van der Waals surface area contributed by atoms with Gasteiger partial charge in [-0.2, -0.15) is 0 Å². The van der Waals surface area contributed by atoms with Crippen LogP contribution in [0.1, 0.15) is 20.3 Å². The number of nitrogens with zero attached hydrogens (tertiary/aromatic N) is 1. The molecule has 0 aliphatic carbocycles. The minimum atomic E-state index is 0.170. The topological polar surface area (TPSA) is 44.4 Å². The van der Waals surface area contributed by atoms with Crippen LogP contribution in [-0.4, -0.2) is 50.6 Å². The van der Waals surface area contributed by atoms with E-state index in [1.54, 1.807) is 0 Å². The molecular weight excluding hydrogens is 202 g/mol. The fraction of sp³-hybridized carbons (Fsp3) is 0.917. The summed E-state index contributed by atoms with van der Waals surface area (Å²) in [6, 6.07) is 0.253. The van der Waals surface area contributed by atoms with E-state index in [2.05, 4.69) is 29.4 Å². The first-order valence-electron chi connectivity index (χ1n) is 6.16. The lowest BCUT2D eigenvalue weighted by molar-refractivity contribution is -0.125. The number of carbonyl (C=O) groups excluding carboxylic acids is 1. The van der Waals surface area contributed by atoms with Crippen LogP contribution in [-0.2, 0) is 4.79 Å². The minimum Gasteiger partial charge on any atom is -0.352 e. The monoisotopic (exact) mass is 227 g/mol. The maximum Gasteiger partial charge on any atom is 0.224 e. The van der Waals surface area contributed by atoms with Gasteiger partial charge in [0.25, 0.3) is 0 Å². The van der Waals surface area contributed by atoms with Gasteiger partial charge in [-0.1, -0.05) is 13.8 Å². The highest BCUT2D eigenvalue weighted by atomic mass is 16.2. The van der Waals surface area contributed by atoms with Crippen molar-refractivity contribution >= 4 is 5.91 Å². The molecule has 2 unspecified atom stereocenters. The fourth-order valence-corrected chi connectivity index (χ4v) is 2.00. The first kappa shape index (κ1) is 13.5. The first-order valence-corrected chi connectivity index (χ1v) is 6.16. The number of rotatable bonds is 5. The van der Waals surface area contributed by atoms with Crippen molar-refractivity contribution in [3.63, 3.8) is 0 Å². The summed E-state index contributed by atoms with van der Waals surface area (Å²) in [6.07, 6.45) is 0.971. The second-order valence-electron chi connectivity index (χ2n) is 5.31. The summed E-state index contributed by atoms with van der Waals surface area (Å²) >= 11 is 0. The summed E-state index contributed by atoms with van der Waals surface area (Å²) in [4.78, 5) is 14.1. The number of amides is 1. The molecule has 0 aromatic rings. The summed E-state index contributed by atoms with van der Waals surface area (Å²) in [7, 11) is 4.08. The van der Waals surface area contributed by atoms with E-state index < -0.39 is 0 Å². The molecule has 2 atom stereocenters. The van der Waals surface area contributed by atoms with Crippen LogP contribution in [0.2, 0.25) is 0 Å². The Hall–Kier alpha value is -0.610. The summed E-state index contributed by atoms with van der Waals surface area (Å²) in [5, 5.41) is 6.39. The quantitative estimate of drug-likeness (QED) is 0.710. The van der Waals surface area contributed by atoms with Gasteiger partial charge in [0.1, 0.15) is 0 Å². The van der Waals surface area contributed by atoms with E-state index in [0.717, 1.165) is 26.1 Å². The van der Waals surface area contributed by atoms with E-state index in [1.807, 2.05) is 14.1 Å². The number of hydrogen-bond acceptors (Lipinski definition) is 3. The molecular formula is C12H25N3O. The van der Waals surface area contributed by atoms with Crippen molar-refractivity contribution in [3.05, 3.63) is 0 Å². The second kappa shape index (κ2) is 6.21. The molecule has 1 amide bonds. The molecule has 1 heterocycles. The van der Waals surface area contributed by atoms with Gasteiger partial charge in [0.05, 0.1) is 5.92 Å². The van der Waals surface area contributed by atoms with Crippen molar-refractivity contribution in [1.29, 1.82) is 0 Å². The molecule has 94 valence electrons. The second-order valence-corrected chi connectivity index (χ2v) is 5.31. The highest BCUT2D eigenvalue weighted by Crippen LogP contribution is 2.10. The Morgan fingerprint density at radius 3 is 2.62 bits per heavy atom. The third kappa shape index (κ3) is 4.10. The van der Waals surface area contributed by atoms with Gasteiger partial charge in [0.15, 0.2) is 0 Å². The molecule has 1 aliphatic rings. The van der Waals surface area contributed by atoms with E-state index in [-0.39, 0.29) is 17.9 Å². The van der Waals surface area contributed by atoms with Crippen LogP contribution in [0.25, 0.3) is 0 Å². The van der Waals surface area contributed by atoms with Crippen LogP contribution >= 0.6 is 0 Å². The Morgan fingerprint density at radius 1 is 1.50 bits per heavy atom. The number of hydrogen-bond donors (Lipinski definition) is 2. The SMILES string of the molecule is CC(C)C(CN(C)C)NC(=O)C1CCNC1. The van der Waals surface area contributed by atoms with Crippen molar-refractivity contribution < 1.29 is 4.79 Å². The zero-order valence-corrected chi connectivity index (χ0v) is 10.9.